The van der Waals surface area contributed by atoms with Gasteiger partial charge >= 0.3 is 0 Å². The molecule has 216 valence electrons. The number of hydrogen-bond donors (Lipinski definition) is 4. The second-order valence-electron chi connectivity index (χ2n) is 9.54. The van der Waals surface area contributed by atoms with E-state index in [0.29, 0.717) is 39.6 Å². The molecule has 42 heavy (non-hydrogen) atoms. The molecular weight excluding hydrogens is 574 g/mol. The summed E-state index contributed by atoms with van der Waals surface area (Å²) in [7, 11) is -7.38. The summed E-state index contributed by atoms with van der Waals surface area (Å²) < 4.78 is 54.2. The van der Waals surface area contributed by atoms with Crippen LogP contribution in [0.3, 0.4) is 0 Å². The number of benzene rings is 4. The number of rotatable bonds is 10. The number of amides is 1. The molecule has 0 aromatic heterocycles. The molecular formula is C30H29N5O5S2. The van der Waals surface area contributed by atoms with Crippen molar-refractivity contribution in [3.8, 4) is 0 Å². The van der Waals surface area contributed by atoms with Gasteiger partial charge in [0.25, 0.3) is 15.9 Å². The summed E-state index contributed by atoms with van der Waals surface area (Å²) in [4.78, 5) is 13.5. The van der Waals surface area contributed by atoms with Crippen molar-refractivity contribution in [2.45, 2.75) is 4.90 Å². The van der Waals surface area contributed by atoms with Crippen LogP contribution in [0.15, 0.2) is 108 Å². The van der Waals surface area contributed by atoms with E-state index in [0.717, 1.165) is 11.8 Å². The Bertz CT molecular complexity index is 1860. The van der Waals surface area contributed by atoms with Crippen molar-refractivity contribution >= 4 is 60.0 Å². The first-order valence-corrected chi connectivity index (χ1v) is 16.3. The number of anilines is 4. The first-order chi connectivity index (χ1) is 20.1. The molecule has 4 aromatic carbocycles. The van der Waals surface area contributed by atoms with E-state index in [2.05, 4.69) is 15.4 Å². The summed E-state index contributed by atoms with van der Waals surface area (Å²) >= 11 is 0. The van der Waals surface area contributed by atoms with Crippen LogP contribution in [0.4, 0.5) is 22.7 Å². The Balaban J connectivity index is 1.55. The summed E-state index contributed by atoms with van der Waals surface area (Å²) in [5.41, 5.74) is 9.56. The molecule has 1 aliphatic rings. The summed E-state index contributed by atoms with van der Waals surface area (Å²) in [5, 5.41) is 6.19. The number of nitrogens with one attached hydrogen (secondary N) is 3. The zero-order valence-corrected chi connectivity index (χ0v) is 24.2. The van der Waals surface area contributed by atoms with E-state index in [1.54, 1.807) is 60.7 Å². The van der Waals surface area contributed by atoms with Crippen molar-refractivity contribution < 1.29 is 21.6 Å². The van der Waals surface area contributed by atoms with Crippen LogP contribution in [0.25, 0.3) is 11.3 Å². The number of carbonyl (C=O) groups excluding carboxylic acids is 1. The third-order valence-electron chi connectivity index (χ3n) is 6.54. The van der Waals surface area contributed by atoms with E-state index >= 15 is 0 Å². The van der Waals surface area contributed by atoms with Crippen LogP contribution in [0.5, 0.6) is 0 Å². The van der Waals surface area contributed by atoms with Crippen molar-refractivity contribution in [1.29, 1.82) is 0 Å². The highest BCUT2D eigenvalue weighted by atomic mass is 32.2. The Kier molecular flexibility index (Phi) is 8.03. The molecule has 10 nitrogen and oxygen atoms in total. The highest BCUT2D eigenvalue weighted by Gasteiger charge is 2.29. The lowest BCUT2D eigenvalue weighted by Gasteiger charge is -2.22. The lowest BCUT2D eigenvalue weighted by atomic mass is 9.99. The minimum atomic E-state index is -3.85. The SMILES string of the molecule is CS(=O)(=O)N(CCN)c1ccc(N/C(=C2\C(=O)Nc3ccc(NS(=O)(=O)c4ccccc4)cc32)c2ccccc2)cc1. The Labute approximate surface area is 245 Å². The highest BCUT2D eigenvalue weighted by Crippen LogP contribution is 2.39. The van der Waals surface area contributed by atoms with Gasteiger partial charge in [-0.15, -0.1) is 0 Å². The normalized spacial score (nSPS) is 14.1. The Morgan fingerprint density at radius 1 is 0.833 bits per heavy atom. The predicted molar refractivity (Wildman–Crippen MR) is 167 cm³/mol. The molecule has 12 heteroatoms. The van der Waals surface area contributed by atoms with Crippen LogP contribution in [0, 0.1) is 0 Å². The average Bonchev–Trinajstić information content (AvgIpc) is 3.30. The minimum absolute atomic E-state index is 0.117. The molecule has 1 amide bonds. The second-order valence-corrected chi connectivity index (χ2v) is 13.1. The van der Waals surface area contributed by atoms with E-state index in [9.17, 15) is 21.6 Å². The molecule has 0 bridgehead atoms. The maximum absolute atomic E-state index is 13.3. The zero-order valence-electron chi connectivity index (χ0n) is 22.6. The molecule has 0 radical (unpaired) electrons. The smallest absolute Gasteiger partial charge is 0.261 e. The van der Waals surface area contributed by atoms with Gasteiger partial charge in [-0.1, -0.05) is 48.5 Å². The van der Waals surface area contributed by atoms with Gasteiger partial charge in [0.2, 0.25) is 10.0 Å². The van der Waals surface area contributed by atoms with Crippen molar-refractivity contribution in [2.24, 2.45) is 5.73 Å². The lowest BCUT2D eigenvalue weighted by Crippen LogP contribution is -2.34. The van der Waals surface area contributed by atoms with Crippen LogP contribution in [0.1, 0.15) is 11.1 Å². The van der Waals surface area contributed by atoms with Crippen LogP contribution in [0.2, 0.25) is 0 Å². The van der Waals surface area contributed by atoms with Gasteiger partial charge in [-0.25, -0.2) is 16.8 Å². The number of nitrogens with two attached hydrogens (primary N) is 1. The molecule has 0 atom stereocenters. The fourth-order valence-electron chi connectivity index (χ4n) is 4.64. The first-order valence-electron chi connectivity index (χ1n) is 12.9. The van der Waals surface area contributed by atoms with Gasteiger partial charge in [0.05, 0.1) is 28.1 Å². The third-order valence-corrected chi connectivity index (χ3v) is 9.13. The third kappa shape index (κ3) is 6.15. The standard InChI is InChI=1S/C30H29N5O5S2/c1-41(37,38)35(19-18-31)24-15-12-22(13-16-24)32-29(21-8-4-2-5-9-21)28-26-20-23(14-17-27(26)33-30(28)36)34-42(39,40)25-10-6-3-7-11-25/h2-17,20,32,34H,18-19,31H2,1H3,(H,33,36)/b29-28-. The van der Waals surface area contributed by atoms with E-state index in [1.807, 2.05) is 30.3 Å². The lowest BCUT2D eigenvalue weighted by molar-refractivity contribution is -0.110. The average molecular weight is 604 g/mol. The van der Waals surface area contributed by atoms with Gasteiger partial charge in [-0.3, -0.25) is 13.8 Å². The van der Waals surface area contributed by atoms with E-state index in [4.69, 9.17) is 5.73 Å². The van der Waals surface area contributed by atoms with Gasteiger partial charge in [0.1, 0.15) is 0 Å². The van der Waals surface area contributed by atoms with E-state index < -0.39 is 20.0 Å². The zero-order chi connectivity index (χ0) is 29.9. The molecule has 5 rings (SSSR count). The predicted octanol–water partition coefficient (Wildman–Crippen LogP) is 4.14. The van der Waals surface area contributed by atoms with Crippen LogP contribution >= 0.6 is 0 Å². The Morgan fingerprint density at radius 3 is 2.07 bits per heavy atom. The first kappa shape index (κ1) is 28.9. The molecule has 0 spiro atoms. The monoisotopic (exact) mass is 603 g/mol. The number of carbonyl (C=O) groups is 1. The Hall–Kier alpha value is -4.65. The van der Waals surface area contributed by atoms with Crippen LogP contribution < -0.4 is 25.4 Å². The van der Waals surface area contributed by atoms with Crippen molar-refractivity contribution in [1.82, 2.24) is 0 Å². The fraction of sp³-hybridized carbons (Fsp3) is 0.100. The van der Waals surface area contributed by atoms with Crippen molar-refractivity contribution in [2.75, 3.05) is 39.0 Å². The second kappa shape index (κ2) is 11.7. The summed E-state index contributed by atoms with van der Waals surface area (Å²) in [6.45, 7) is 0.299. The largest absolute Gasteiger partial charge is 0.354 e. The van der Waals surface area contributed by atoms with E-state index in [-0.39, 0.29) is 23.9 Å². The number of nitrogens with zero attached hydrogens (tertiary/aromatic N) is 1. The molecule has 4 aromatic rings. The van der Waals surface area contributed by atoms with Crippen molar-refractivity contribution in [3.05, 3.63) is 114 Å². The van der Waals surface area contributed by atoms with Gasteiger partial charge < -0.3 is 16.4 Å². The van der Waals surface area contributed by atoms with Gasteiger partial charge in [0, 0.05) is 35.7 Å². The van der Waals surface area contributed by atoms with Crippen LogP contribution in [-0.4, -0.2) is 42.1 Å². The molecule has 1 aliphatic heterocycles. The van der Waals surface area contributed by atoms with Gasteiger partial charge in [0.15, 0.2) is 0 Å². The van der Waals surface area contributed by atoms with Crippen molar-refractivity contribution in [3.63, 3.8) is 0 Å². The maximum Gasteiger partial charge on any atom is 0.261 e. The van der Waals surface area contributed by atoms with Crippen LogP contribution in [-0.2, 0) is 24.8 Å². The molecule has 5 N–H and O–H groups in total. The summed E-state index contributed by atoms with van der Waals surface area (Å²) in [6, 6.07) is 28.9. The molecule has 0 aliphatic carbocycles. The highest BCUT2D eigenvalue weighted by molar-refractivity contribution is 7.92. The fourth-order valence-corrected chi connectivity index (χ4v) is 6.65. The molecule has 0 fully saturated rings. The number of sulfonamides is 2. The van der Waals surface area contributed by atoms with Gasteiger partial charge in [-0.2, -0.15) is 0 Å². The molecule has 0 saturated heterocycles. The molecule has 0 saturated carbocycles. The summed E-state index contributed by atoms with van der Waals surface area (Å²) in [6.07, 6.45) is 1.12. The van der Waals surface area contributed by atoms with Gasteiger partial charge in [-0.05, 0) is 60.2 Å². The number of fused-ring (bicyclic) bond motifs is 1. The number of hydrogen-bond acceptors (Lipinski definition) is 7. The van der Waals surface area contributed by atoms with E-state index in [1.165, 1.54) is 16.4 Å². The molecule has 1 heterocycles. The minimum Gasteiger partial charge on any atom is -0.354 e. The topological polar surface area (TPSA) is 151 Å². The quantitative estimate of drug-likeness (QED) is 0.199. The maximum atomic E-state index is 13.3. The molecule has 0 unspecified atom stereocenters. The Morgan fingerprint density at radius 2 is 1.45 bits per heavy atom. The summed E-state index contributed by atoms with van der Waals surface area (Å²) in [5.74, 6) is -0.359.